The second kappa shape index (κ2) is 31.0. The van der Waals surface area contributed by atoms with Crippen LogP contribution in [0.25, 0.3) is 0 Å². The highest BCUT2D eigenvalue weighted by molar-refractivity contribution is 5.67. The predicted octanol–water partition coefficient (Wildman–Crippen LogP) is 6.34. The molecule has 0 atom stereocenters. The van der Waals surface area contributed by atoms with Crippen molar-refractivity contribution in [2.45, 2.75) is 84.7 Å². The number of benzene rings is 1. The molecule has 0 heterocycles. The summed E-state index contributed by atoms with van der Waals surface area (Å²) in [6.45, 7) is 15.7. The summed E-state index contributed by atoms with van der Waals surface area (Å²) < 4.78 is 49.7. The molecule has 0 radical (unpaired) electrons. The summed E-state index contributed by atoms with van der Waals surface area (Å²) in [5, 5.41) is 0. The molecule has 1 aromatic rings. The molecule has 0 saturated heterocycles. The molecule has 11 heteroatoms. The van der Waals surface area contributed by atoms with Gasteiger partial charge in [0.25, 0.3) is 0 Å². The number of carbonyl (C=O) groups excluding carboxylic acids is 1. The fraction of sp³-hybridized carbons (Fsp3) is 0.811. The first-order chi connectivity index (χ1) is 23.3. The maximum atomic E-state index is 11.9. The number of aryl methyl sites for hydroxylation is 1. The molecule has 0 aliphatic carbocycles. The van der Waals surface area contributed by atoms with Crippen molar-refractivity contribution >= 4 is 6.09 Å². The normalized spacial score (nSPS) is 11.6. The van der Waals surface area contributed by atoms with Gasteiger partial charge >= 0.3 is 6.09 Å². The Bertz CT molecular complexity index is 850. The molecule has 48 heavy (non-hydrogen) atoms. The quantitative estimate of drug-likeness (QED) is 0.0779. The second-order valence-corrected chi connectivity index (χ2v) is 12.6. The zero-order chi connectivity index (χ0) is 35.0. The highest BCUT2D eigenvalue weighted by atomic mass is 16.6. The summed E-state index contributed by atoms with van der Waals surface area (Å²) in [6.07, 6.45) is 10.1. The van der Waals surface area contributed by atoms with Crippen LogP contribution in [-0.4, -0.2) is 129 Å². The van der Waals surface area contributed by atoms with Gasteiger partial charge in [-0.05, 0) is 51.3 Å². The molecule has 0 saturated carbocycles. The molecule has 1 rings (SSSR count). The topological polar surface area (TPSA) is 103 Å². The van der Waals surface area contributed by atoms with Crippen molar-refractivity contribution in [1.82, 2.24) is 4.90 Å². The van der Waals surface area contributed by atoms with Crippen molar-refractivity contribution in [3.05, 3.63) is 29.8 Å². The molecule has 1 amide bonds. The van der Waals surface area contributed by atoms with E-state index in [-0.39, 0.29) is 6.09 Å². The van der Waals surface area contributed by atoms with E-state index in [1.807, 2.05) is 20.8 Å². The largest absolute Gasteiger partial charge is 0.491 e. The lowest BCUT2D eigenvalue weighted by atomic mass is 10.0. The Morgan fingerprint density at radius 3 is 1.40 bits per heavy atom. The fourth-order valence-corrected chi connectivity index (χ4v) is 4.31. The third-order valence-electron chi connectivity index (χ3n) is 7.00. The zero-order valence-corrected chi connectivity index (χ0v) is 30.8. The molecular formula is C37H67NO10. The van der Waals surface area contributed by atoms with E-state index in [0.717, 1.165) is 12.2 Å². The predicted molar refractivity (Wildman–Crippen MR) is 188 cm³/mol. The number of nitrogens with zero attached hydrogens (tertiary/aromatic N) is 1. The molecule has 0 unspecified atom stereocenters. The van der Waals surface area contributed by atoms with Gasteiger partial charge in [0.1, 0.15) is 18.0 Å². The Morgan fingerprint density at radius 2 is 0.958 bits per heavy atom. The standard InChI is InChI=1S/C37H67NO10/c1-6-7-8-9-10-11-12-13-34-14-16-35(17-15-34)47-33-32-46-31-30-45-29-28-44-27-26-43-25-24-42-23-22-41-21-20-40-19-18-38(5)36(39)48-37(2,3)4/h14-17H,6-13,18-33H2,1-5H3. The number of ether oxygens (including phenoxy) is 9. The van der Waals surface area contributed by atoms with Crippen LogP contribution in [0.1, 0.15) is 78.2 Å². The first kappa shape index (κ1) is 44.0. The molecule has 0 aliphatic heterocycles. The van der Waals surface area contributed by atoms with Crippen molar-refractivity contribution in [2.75, 3.05) is 113 Å². The Kier molecular flexibility index (Phi) is 28.5. The third kappa shape index (κ3) is 29.0. The van der Waals surface area contributed by atoms with Crippen molar-refractivity contribution < 1.29 is 47.4 Å². The van der Waals surface area contributed by atoms with E-state index in [4.69, 9.17) is 42.6 Å². The van der Waals surface area contributed by atoms with Crippen LogP contribution in [0.2, 0.25) is 0 Å². The van der Waals surface area contributed by atoms with E-state index in [2.05, 4.69) is 31.2 Å². The zero-order valence-electron chi connectivity index (χ0n) is 30.8. The van der Waals surface area contributed by atoms with Crippen LogP contribution >= 0.6 is 0 Å². The van der Waals surface area contributed by atoms with Crippen LogP contribution in [0.4, 0.5) is 4.79 Å². The molecule has 0 aromatic heterocycles. The SMILES string of the molecule is CCCCCCCCCc1ccc(OCCOCCOCCOCCOCCOCCOCCOCCN(C)C(=O)OC(C)(C)C)cc1. The summed E-state index contributed by atoms with van der Waals surface area (Å²) >= 11 is 0. The van der Waals surface area contributed by atoms with Gasteiger partial charge in [0.2, 0.25) is 0 Å². The van der Waals surface area contributed by atoms with Gasteiger partial charge in [-0.3, -0.25) is 0 Å². The molecule has 0 spiro atoms. The van der Waals surface area contributed by atoms with Gasteiger partial charge < -0.3 is 47.5 Å². The minimum Gasteiger partial charge on any atom is -0.491 e. The minimum absolute atomic E-state index is 0.359. The van der Waals surface area contributed by atoms with E-state index in [1.165, 1.54) is 55.4 Å². The van der Waals surface area contributed by atoms with Crippen molar-refractivity contribution in [3.63, 3.8) is 0 Å². The summed E-state index contributed by atoms with van der Waals surface area (Å²) in [6, 6.07) is 8.44. The molecule has 11 nitrogen and oxygen atoms in total. The molecule has 280 valence electrons. The van der Waals surface area contributed by atoms with Crippen molar-refractivity contribution in [2.24, 2.45) is 0 Å². The van der Waals surface area contributed by atoms with Crippen LogP contribution < -0.4 is 4.74 Å². The van der Waals surface area contributed by atoms with Gasteiger partial charge in [0, 0.05) is 13.6 Å². The average molecular weight is 686 g/mol. The lowest BCUT2D eigenvalue weighted by Crippen LogP contribution is -2.36. The van der Waals surface area contributed by atoms with E-state index in [9.17, 15) is 4.79 Å². The number of amides is 1. The van der Waals surface area contributed by atoms with Gasteiger partial charge in [0.15, 0.2) is 0 Å². The van der Waals surface area contributed by atoms with E-state index < -0.39 is 5.60 Å². The van der Waals surface area contributed by atoms with Crippen molar-refractivity contribution in [3.8, 4) is 5.75 Å². The Labute approximate surface area is 291 Å². The molecule has 0 fully saturated rings. The fourth-order valence-electron chi connectivity index (χ4n) is 4.31. The maximum Gasteiger partial charge on any atom is 0.410 e. The first-order valence-electron chi connectivity index (χ1n) is 18.0. The van der Waals surface area contributed by atoms with E-state index in [1.54, 1.807) is 7.05 Å². The first-order valence-corrected chi connectivity index (χ1v) is 18.0. The second-order valence-electron chi connectivity index (χ2n) is 12.6. The van der Waals surface area contributed by atoms with Crippen LogP contribution in [0, 0.1) is 0 Å². The number of rotatable bonds is 33. The maximum absolute atomic E-state index is 11.9. The summed E-state index contributed by atoms with van der Waals surface area (Å²) in [7, 11) is 1.69. The third-order valence-corrected chi connectivity index (χ3v) is 7.00. The van der Waals surface area contributed by atoms with E-state index in [0.29, 0.717) is 106 Å². The number of hydrogen-bond donors (Lipinski definition) is 0. The Morgan fingerprint density at radius 1 is 0.562 bits per heavy atom. The highest BCUT2D eigenvalue weighted by Gasteiger charge is 2.19. The minimum atomic E-state index is -0.506. The van der Waals surface area contributed by atoms with Gasteiger partial charge in [-0.1, -0.05) is 57.6 Å². The smallest absolute Gasteiger partial charge is 0.410 e. The van der Waals surface area contributed by atoms with Crippen LogP contribution in [-0.2, 0) is 44.3 Å². The summed E-state index contributed by atoms with van der Waals surface area (Å²) in [5.74, 6) is 0.884. The number of carbonyl (C=O) groups is 1. The monoisotopic (exact) mass is 685 g/mol. The van der Waals surface area contributed by atoms with Gasteiger partial charge in [-0.2, -0.15) is 0 Å². The number of hydrogen-bond acceptors (Lipinski definition) is 10. The molecule has 0 aliphatic rings. The summed E-state index contributed by atoms with van der Waals surface area (Å²) in [4.78, 5) is 13.4. The number of unbranched alkanes of at least 4 members (excludes halogenated alkanes) is 6. The van der Waals surface area contributed by atoms with Gasteiger partial charge in [-0.15, -0.1) is 0 Å². The Hall–Kier alpha value is -1.99. The molecule has 1 aromatic carbocycles. The molecule has 0 N–H and O–H groups in total. The average Bonchev–Trinajstić information content (AvgIpc) is 3.06. The summed E-state index contributed by atoms with van der Waals surface area (Å²) in [5.41, 5.74) is 0.872. The van der Waals surface area contributed by atoms with Gasteiger partial charge in [-0.25, -0.2) is 4.79 Å². The van der Waals surface area contributed by atoms with Crippen LogP contribution in [0.5, 0.6) is 5.75 Å². The van der Waals surface area contributed by atoms with Crippen molar-refractivity contribution in [1.29, 1.82) is 0 Å². The lowest BCUT2D eigenvalue weighted by molar-refractivity contribution is -0.0219. The lowest BCUT2D eigenvalue weighted by Gasteiger charge is -2.24. The van der Waals surface area contributed by atoms with E-state index >= 15 is 0 Å². The highest BCUT2D eigenvalue weighted by Crippen LogP contribution is 2.15. The molecule has 0 bridgehead atoms. The molecular weight excluding hydrogens is 618 g/mol. The van der Waals surface area contributed by atoms with Crippen LogP contribution in [0.15, 0.2) is 24.3 Å². The van der Waals surface area contributed by atoms with Crippen LogP contribution in [0.3, 0.4) is 0 Å². The number of likely N-dealkylation sites (N-methyl/N-ethyl adjacent to an activating group) is 1. The Balaban J connectivity index is 1.76. The van der Waals surface area contributed by atoms with Gasteiger partial charge in [0.05, 0.1) is 92.5 Å².